The van der Waals surface area contributed by atoms with Gasteiger partial charge in [-0.3, -0.25) is 4.68 Å². The Morgan fingerprint density at radius 3 is 2.44 bits per heavy atom. The highest BCUT2D eigenvalue weighted by Gasteiger charge is 2.22. The molecule has 0 aliphatic rings. The van der Waals surface area contributed by atoms with Gasteiger partial charge in [0, 0.05) is 25.4 Å². The molecule has 5 nitrogen and oxygen atoms in total. The molecule has 3 rings (SSSR count). The van der Waals surface area contributed by atoms with E-state index in [2.05, 4.69) is 9.82 Å². The third-order valence-electron chi connectivity index (χ3n) is 3.75. The van der Waals surface area contributed by atoms with E-state index in [9.17, 15) is 12.8 Å². The molecule has 0 saturated heterocycles. The molecule has 0 radical (unpaired) electrons. The summed E-state index contributed by atoms with van der Waals surface area (Å²) in [5, 5.41) is 4.28. The number of benzene rings is 2. The first kappa shape index (κ1) is 17.3. The Hall–Kier alpha value is -2.51. The number of nitrogens with one attached hydrogen (secondary N) is 1. The zero-order valence-corrected chi connectivity index (χ0v) is 14.5. The van der Waals surface area contributed by atoms with E-state index in [4.69, 9.17) is 0 Å². The van der Waals surface area contributed by atoms with Gasteiger partial charge in [-0.25, -0.2) is 17.5 Å². The number of sulfonamides is 1. The molecule has 1 N–H and O–H groups in total. The lowest BCUT2D eigenvalue weighted by Gasteiger charge is -2.07. The maximum atomic E-state index is 12.9. The van der Waals surface area contributed by atoms with Crippen molar-refractivity contribution in [3.63, 3.8) is 0 Å². The second-order valence-corrected chi connectivity index (χ2v) is 7.39. The molecular weight excluding hydrogens is 341 g/mol. The van der Waals surface area contributed by atoms with Crippen molar-refractivity contribution in [1.29, 1.82) is 0 Å². The molecule has 25 heavy (non-hydrogen) atoms. The molecule has 0 amide bonds. The number of aryl methyl sites for hydroxylation is 1. The molecule has 2 aromatic carbocycles. The molecule has 0 saturated carbocycles. The van der Waals surface area contributed by atoms with Gasteiger partial charge >= 0.3 is 0 Å². The maximum Gasteiger partial charge on any atom is 0.244 e. The molecular formula is C18H18FN3O2S. The smallest absolute Gasteiger partial charge is 0.244 e. The molecule has 3 aromatic rings. The van der Waals surface area contributed by atoms with Gasteiger partial charge in [0.05, 0.1) is 0 Å². The molecule has 0 unspecified atom stereocenters. The van der Waals surface area contributed by atoms with Gasteiger partial charge in [0.25, 0.3) is 0 Å². The number of hydrogen-bond donors (Lipinski definition) is 1. The van der Waals surface area contributed by atoms with Crippen molar-refractivity contribution in [2.24, 2.45) is 7.05 Å². The van der Waals surface area contributed by atoms with Gasteiger partial charge < -0.3 is 0 Å². The van der Waals surface area contributed by atoms with Crippen LogP contribution in [-0.2, 0) is 23.5 Å². The normalized spacial score (nSPS) is 11.6. The van der Waals surface area contributed by atoms with Crippen LogP contribution in [0, 0.1) is 5.82 Å². The minimum atomic E-state index is -3.70. The third kappa shape index (κ3) is 4.12. The average molecular weight is 359 g/mol. The summed E-state index contributed by atoms with van der Waals surface area (Å²) in [6.07, 6.45) is 1.96. The van der Waals surface area contributed by atoms with E-state index in [-0.39, 0.29) is 17.3 Å². The van der Waals surface area contributed by atoms with E-state index in [0.717, 1.165) is 11.1 Å². The van der Waals surface area contributed by atoms with Crippen LogP contribution in [0.4, 0.5) is 4.39 Å². The highest BCUT2D eigenvalue weighted by atomic mass is 32.2. The van der Waals surface area contributed by atoms with Crippen molar-refractivity contribution in [3.05, 3.63) is 72.2 Å². The van der Waals surface area contributed by atoms with Gasteiger partial charge in [-0.1, -0.05) is 42.5 Å². The predicted molar refractivity (Wildman–Crippen MR) is 93.9 cm³/mol. The lowest BCUT2D eigenvalue weighted by Crippen LogP contribution is -2.26. The minimum Gasteiger partial charge on any atom is -0.274 e. The first-order valence-electron chi connectivity index (χ1n) is 7.79. The molecule has 0 bridgehead atoms. The standard InChI is InChI=1S/C18H18FN3O2S/c1-22-13-17(18(21-22)15-5-3-2-4-6-15)25(23,24)20-12-11-14-7-9-16(19)10-8-14/h2-10,13,20H,11-12H2,1H3. The summed E-state index contributed by atoms with van der Waals surface area (Å²) < 4.78 is 42.3. The Labute approximate surface area is 146 Å². The van der Waals surface area contributed by atoms with Crippen LogP contribution in [0.2, 0.25) is 0 Å². The minimum absolute atomic E-state index is 0.139. The number of nitrogens with zero attached hydrogens (tertiary/aromatic N) is 2. The molecule has 1 heterocycles. The summed E-state index contributed by atoms with van der Waals surface area (Å²) in [7, 11) is -2.02. The van der Waals surface area contributed by atoms with Crippen LogP contribution < -0.4 is 4.72 Å². The van der Waals surface area contributed by atoms with Gasteiger partial charge in [-0.15, -0.1) is 0 Å². The van der Waals surface area contributed by atoms with E-state index in [0.29, 0.717) is 12.1 Å². The van der Waals surface area contributed by atoms with Crippen LogP contribution in [0.5, 0.6) is 0 Å². The number of aromatic nitrogens is 2. The topological polar surface area (TPSA) is 64.0 Å². The molecule has 130 valence electrons. The summed E-state index contributed by atoms with van der Waals surface area (Å²) in [5.41, 5.74) is 2.01. The molecule has 0 spiro atoms. The molecule has 0 fully saturated rings. The fourth-order valence-electron chi connectivity index (χ4n) is 2.52. The van der Waals surface area contributed by atoms with Crippen molar-refractivity contribution < 1.29 is 12.8 Å². The van der Waals surface area contributed by atoms with Crippen LogP contribution >= 0.6 is 0 Å². The fourth-order valence-corrected chi connectivity index (χ4v) is 3.75. The number of hydrogen-bond acceptors (Lipinski definition) is 3. The Bertz CT molecular complexity index is 952. The van der Waals surface area contributed by atoms with Gasteiger partial charge in [0.1, 0.15) is 16.4 Å². The second-order valence-electron chi connectivity index (χ2n) is 5.66. The highest BCUT2D eigenvalue weighted by molar-refractivity contribution is 7.89. The fraction of sp³-hybridized carbons (Fsp3) is 0.167. The van der Waals surface area contributed by atoms with E-state index in [1.165, 1.54) is 23.0 Å². The van der Waals surface area contributed by atoms with Crippen LogP contribution in [-0.4, -0.2) is 24.7 Å². The van der Waals surface area contributed by atoms with Crippen molar-refractivity contribution in [2.75, 3.05) is 6.54 Å². The molecule has 0 aliphatic heterocycles. The van der Waals surface area contributed by atoms with Gasteiger partial charge in [-0.05, 0) is 24.1 Å². The number of rotatable bonds is 6. The van der Waals surface area contributed by atoms with E-state index in [1.807, 2.05) is 30.3 Å². The third-order valence-corrected chi connectivity index (χ3v) is 5.21. The lowest BCUT2D eigenvalue weighted by atomic mass is 10.1. The SMILES string of the molecule is Cn1cc(S(=O)(=O)NCCc2ccc(F)cc2)c(-c2ccccc2)n1. The zero-order valence-electron chi connectivity index (χ0n) is 13.7. The largest absolute Gasteiger partial charge is 0.274 e. The Kier molecular flexibility index (Phi) is 4.96. The van der Waals surface area contributed by atoms with E-state index >= 15 is 0 Å². The first-order valence-corrected chi connectivity index (χ1v) is 9.27. The maximum absolute atomic E-state index is 12.9. The van der Waals surface area contributed by atoms with Crippen LogP contribution in [0.1, 0.15) is 5.56 Å². The van der Waals surface area contributed by atoms with Crippen LogP contribution in [0.25, 0.3) is 11.3 Å². The molecule has 0 aliphatic carbocycles. The van der Waals surface area contributed by atoms with Gasteiger partial charge in [-0.2, -0.15) is 5.10 Å². The average Bonchev–Trinajstić information content (AvgIpc) is 3.00. The summed E-state index contributed by atoms with van der Waals surface area (Å²) in [5.74, 6) is -0.313. The Morgan fingerprint density at radius 1 is 1.08 bits per heavy atom. The molecule has 0 atom stereocenters. The van der Waals surface area contributed by atoms with E-state index < -0.39 is 10.0 Å². The van der Waals surface area contributed by atoms with Crippen molar-refractivity contribution >= 4 is 10.0 Å². The van der Waals surface area contributed by atoms with Crippen LogP contribution in [0.3, 0.4) is 0 Å². The second kappa shape index (κ2) is 7.16. The first-order chi connectivity index (χ1) is 12.0. The summed E-state index contributed by atoms with van der Waals surface area (Å²) in [6, 6.07) is 15.2. The zero-order chi connectivity index (χ0) is 17.9. The predicted octanol–water partition coefficient (Wildman–Crippen LogP) is 2.75. The lowest BCUT2D eigenvalue weighted by molar-refractivity contribution is 0.581. The van der Waals surface area contributed by atoms with Gasteiger partial charge in [0.15, 0.2) is 0 Å². The Morgan fingerprint density at radius 2 is 1.76 bits per heavy atom. The van der Waals surface area contributed by atoms with Gasteiger partial charge in [0.2, 0.25) is 10.0 Å². The van der Waals surface area contributed by atoms with Crippen molar-refractivity contribution in [1.82, 2.24) is 14.5 Å². The molecule has 1 aromatic heterocycles. The number of halogens is 1. The molecule has 7 heteroatoms. The quantitative estimate of drug-likeness (QED) is 0.736. The Balaban J connectivity index is 1.77. The van der Waals surface area contributed by atoms with Crippen molar-refractivity contribution in [2.45, 2.75) is 11.3 Å². The summed E-state index contributed by atoms with van der Waals surface area (Å²) in [6.45, 7) is 0.219. The van der Waals surface area contributed by atoms with Crippen LogP contribution in [0.15, 0.2) is 65.7 Å². The monoisotopic (exact) mass is 359 g/mol. The van der Waals surface area contributed by atoms with E-state index in [1.54, 1.807) is 19.2 Å². The van der Waals surface area contributed by atoms with Crippen molar-refractivity contribution in [3.8, 4) is 11.3 Å². The summed E-state index contributed by atoms with van der Waals surface area (Å²) in [4.78, 5) is 0.139. The highest BCUT2D eigenvalue weighted by Crippen LogP contribution is 2.25. The summed E-state index contributed by atoms with van der Waals surface area (Å²) >= 11 is 0.